The average Bonchev–Trinajstić information content (AvgIpc) is 2.34. The van der Waals surface area contributed by atoms with Gasteiger partial charge in [-0.2, -0.15) is 0 Å². The van der Waals surface area contributed by atoms with Crippen LogP contribution in [0, 0.1) is 0 Å². The van der Waals surface area contributed by atoms with E-state index in [4.69, 9.17) is 9.47 Å². The Kier molecular flexibility index (Phi) is 8.24. The van der Waals surface area contributed by atoms with E-state index < -0.39 is 0 Å². The van der Waals surface area contributed by atoms with E-state index in [2.05, 4.69) is 6.58 Å². The summed E-state index contributed by atoms with van der Waals surface area (Å²) in [6, 6.07) is 0. The molecule has 1 fully saturated rings. The minimum absolute atomic E-state index is 0.190. The Bertz CT molecular complexity index is 166. The third-order valence-corrected chi connectivity index (χ3v) is 1.74. The summed E-state index contributed by atoms with van der Waals surface area (Å²) in [7, 11) is 0. The van der Waals surface area contributed by atoms with Gasteiger partial charge in [0.1, 0.15) is 0 Å². The number of esters is 1. The number of carbonyl (C=O) groups excluding carboxylic acids is 1. The van der Waals surface area contributed by atoms with Crippen LogP contribution >= 0.6 is 0 Å². The molecule has 0 aromatic heterocycles. The first-order valence-corrected chi connectivity index (χ1v) is 5.11. The van der Waals surface area contributed by atoms with Crippen molar-refractivity contribution in [2.24, 2.45) is 0 Å². The smallest absolute Gasteiger partial charge is 0.335 e. The molecule has 1 aliphatic heterocycles. The summed E-state index contributed by atoms with van der Waals surface area (Å²) in [4.78, 5) is 11.1. The van der Waals surface area contributed by atoms with Gasteiger partial charge < -0.3 is 9.47 Å². The molecule has 0 spiro atoms. The van der Waals surface area contributed by atoms with Gasteiger partial charge in [-0.25, -0.2) is 4.79 Å². The van der Waals surface area contributed by atoms with Crippen LogP contribution in [0.5, 0.6) is 0 Å². The normalized spacial score (nSPS) is 21.3. The van der Waals surface area contributed by atoms with Gasteiger partial charge in [0.2, 0.25) is 0 Å². The van der Waals surface area contributed by atoms with Gasteiger partial charge in [0, 0.05) is 6.61 Å². The largest absolute Gasteiger partial charge is 0.464 e. The number of rotatable bonds is 2. The number of hydrogen-bond acceptors (Lipinski definition) is 3. The first-order chi connectivity index (χ1) is 6.76. The molecule has 3 heteroatoms. The minimum atomic E-state index is -0.303. The first-order valence-electron chi connectivity index (χ1n) is 5.11. The zero-order valence-electron chi connectivity index (χ0n) is 9.12. The van der Waals surface area contributed by atoms with Crippen molar-refractivity contribution in [2.75, 3.05) is 13.2 Å². The van der Waals surface area contributed by atoms with Crippen LogP contribution in [-0.2, 0) is 14.3 Å². The van der Waals surface area contributed by atoms with Crippen molar-refractivity contribution in [3.8, 4) is 0 Å². The van der Waals surface area contributed by atoms with E-state index in [1.165, 1.54) is 0 Å². The maximum atomic E-state index is 11.1. The van der Waals surface area contributed by atoms with Gasteiger partial charge in [0.05, 0.1) is 6.61 Å². The van der Waals surface area contributed by atoms with Crippen molar-refractivity contribution >= 4 is 5.97 Å². The molecule has 0 amide bonds. The van der Waals surface area contributed by atoms with Crippen LogP contribution in [0.2, 0.25) is 0 Å². The van der Waals surface area contributed by atoms with Gasteiger partial charge in [-0.15, -0.1) is 6.58 Å². The van der Waals surface area contributed by atoms with E-state index in [1.807, 2.05) is 13.8 Å². The summed E-state index contributed by atoms with van der Waals surface area (Å²) in [5.41, 5.74) is 0. The van der Waals surface area contributed by atoms with Crippen LogP contribution in [-0.4, -0.2) is 25.3 Å². The highest BCUT2D eigenvalue weighted by molar-refractivity contribution is 5.74. The lowest BCUT2D eigenvalue weighted by atomic mass is 10.2. The summed E-state index contributed by atoms with van der Waals surface area (Å²) in [5, 5.41) is 0. The molecule has 0 saturated carbocycles. The Labute approximate surface area is 86.1 Å². The van der Waals surface area contributed by atoms with Crippen molar-refractivity contribution in [2.45, 2.75) is 39.2 Å². The van der Waals surface area contributed by atoms with Crippen molar-refractivity contribution < 1.29 is 14.3 Å². The molecule has 14 heavy (non-hydrogen) atoms. The lowest BCUT2D eigenvalue weighted by Gasteiger charge is -2.10. The first kappa shape index (κ1) is 13.2. The van der Waals surface area contributed by atoms with Gasteiger partial charge in [-0.1, -0.05) is 6.08 Å². The van der Waals surface area contributed by atoms with E-state index in [0.29, 0.717) is 13.2 Å². The lowest BCUT2D eigenvalue weighted by Crippen LogP contribution is -2.24. The number of cyclic esters (lactones) is 1. The van der Waals surface area contributed by atoms with Crippen molar-refractivity contribution in [1.82, 2.24) is 0 Å². The fourth-order valence-corrected chi connectivity index (χ4v) is 1.17. The van der Waals surface area contributed by atoms with Crippen molar-refractivity contribution in [3.63, 3.8) is 0 Å². The fourth-order valence-electron chi connectivity index (χ4n) is 1.17. The zero-order valence-corrected chi connectivity index (χ0v) is 9.12. The summed E-state index contributed by atoms with van der Waals surface area (Å²) in [6.45, 7) is 8.28. The monoisotopic (exact) mass is 200 g/mol. The minimum Gasteiger partial charge on any atom is -0.464 e. The third-order valence-electron chi connectivity index (χ3n) is 1.74. The SMILES string of the molecule is C=CC.CCOC1CCCCOC1=O. The second-order valence-electron chi connectivity index (χ2n) is 3.02. The van der Waals surface area contributed by atoms with E-state index in [0.717, 1.165) is 19.3 Å². The molecule has 1 unspecified atom stereocenters. The molecule has 3 nitrogen and oxygen atoms in total. The molecule has 1 rings (SSSR count). The number of ether oxygens (including phenoxy) is 2. The molecule has 82 valence electrons. The maximum Gasteiger partial charge on any atom is 0.335 e. The molecule has 0 aromatic rings. The Hall–Kier alpha value is -0.830. The molecular weight excluding hydrogens is 180 g/mol. The Morgan fingerprint density at radius 2 is 2.29 bits per heavy atom. The lowest BCUT2D eigenvalue weighted by molar-refractivity contribution is -0.155. The van der Waals surface area contributed by atoms with Crippen molar-refractivity contribution in [1.29, 1.82) is 0 Å². The van der Waals surface area contributed by atoms with Gasteiger partial charge in [0.25, 0.3) is 0 Å². The zero-order chi connectivity index (χ0) is 10.8. The highest BCUT2D eigenvalue weighted by Crippen LogP contribution is 2.11. The topological polar surface area (TPSA) is 35.5 Å². The molecule has 1 saturated heterocycles. The average molecular weight is 200 g/mol. The molecule has 1 atom stereocenters. The Morgan fingerprint density at radius 3 is 2.86 bits per heavy atom. The molecule has 0 radical (unpaired) electrons. The number of hydrogen-bond donors (Lipinski definition) is 0. The quantitative estimate of drug-likeness (QED) is 0.507. The van der Waals surface area contributed by atoms with Crippen LogP contribution in [0.4, 0.5) is 0 Å². The van der Waals surface area contributed by atoms with E-state index >= 15 is 0 Å². The van der Waals surface area contributed by atoms with E-state index in [1.54, 1.807) is 6.08 Å². The summed E-state index contributed by atoms with van der Waals surface area (Å²) < 4.78 is 10.1. The molecule has 1 heterocycles. The van der Waals surface area contributed by atoms with Crippen LogP contribution in [0.1, 0.15) is 33.1 Å². The Morgan fingerprint density at radius 1 is 1.64 bits per heavy atom. The molecule has 1 aliphatic rings. The van der Waals surface area contributed by atoms with E-state index in [-0.39, 0.29) is 12.1 Å². The second-order valence-corrected chi connectivity index (χ2v) is 3.02. The molecule has 0 N–H and O–H groups in total. The molecule has 0 bridgehead atoms. The summed E-state index contributed by atoms with van der Waals surface area (Å²) in [5.74, 6) is -0.190. The number of carbonyl (C=O) groups is 1. The predicted molar refractivity (Wildman–Crippen MR) is 56.1 cm³/mol. The Balaban J connectivity index is 0.000000500. The maximum absolute atomic E-state index is 11.1. The third kappa shape index (κ3) is 5.75. The van der Waals surface area contributed by atoms with Crippen LogP contribution in [0.25, 0.3) is 0 Å². The van der Waals surface area contributed by atoms with E-state index in [9.17, 15) is 4.79 Å². The number of allylic oxidation sites excluding steroid dienone is 1. The molecule has 0 aliphatic carbocycles. The van der Waals surface area contributed by atoms with Crippen LogP contribution < -0.4 is 0 Å². The second kappa shape index (κ2) is 8.75. The summed E-state index contributed by atoms with van der Waals surface area (Å²) in [6.07, 6.45) is 4.25. The summed E-state index contributed by atoms with van der Waals surface area (Å²) >= 11 is 0. The van der Waals surface area contributed by atoms with Crippen LogP contribution in [0.15, 0.2) is 12.7 Å². The van der Waals surface area contributed by atoms with Gasteiger partial charge in [-0.3, -0.25) is 0 Å². The van der Waals surface area contributed by atoms with Gasteiger partial charge in [0.15, 0.2) is 6.10 Å². The highest BCUT2D eigenvalue weighted by Gasteiger charge is 2.21. The highest BCUT2D eigenvalue weighted by atomic mass is 16.6. The molecular formula is C11H20O3. The standard InChI is InChI=1S/C8H14O3.C3H6/c1-2-10-7-5-3-4-6-11-8(7)9;1-3-2/h7H,2-6H2,1H3;3H,1H2,2H3. The van der Waals surface area contributed by atoms with Crippen LogP contribution in [0.3, 0.4) is 0 Å². The predicted octanol–water partition coefficient (Wildman–Crippen LogP) is 2.31. The van der Waals surface area contributed by atoms with Crippen molar-refractivity contribution in [3.05, 3.63) is 12.7 Å². The van der Waals surface area contributed by atoms with Gasteiger partial charge >= 0.3 is 5.97 Å². The fraction of sp³-hybridized carbons (Fsp3) is 0.727. The van der Waals surface area contributed by atoms with Gasteiger partial charge in [-0.05, 0) is 33.1 Å². The molecule has 0 aromatic carbocycles.